The third-order valence-electron chi connectivity index (χ3n) is 4.07. The molecule has 14 heteroatoms. The molecule has 0 bridgehead atoms. The minimum absolute atomic E-state index is 0. The highest BCUT2D eigenvalue weighted by Gasteiger charge is 2.33. The molecule has 32 heavy (non-hydrogen) atoms. The molecule has 0 aliphatic heterocycles. The highest BCUT2D eigenvalue weighted by Crippen LogP contribution is 2.28. The van der Waals surface area contributed by atoms with Crippen molar-refractivity contribution in [1.29, 1.82) is 0 Å². The van der Waals surface area contributed by atoms with Gasteiger partial charge in [-0.1, -0.05) is 12.1 Å². The Hall–Kier alpha value is -3.00. The first-order valence-corrected chi connectivity index (χ1v) is 8.63. The zero-order valence-corrected chi connectivity index (χ0v) is 17.2. The molecule has 0 fully saturated rings. The van der Waals surface area contributed by atoms with Gasteiger partial charge in [0.2, 0.25) is 0 Å². The Kier molecular flexibility index (Phi) is 9.33. The normalized spacial score (nSPS) is 11.7. The maximum Gasteiger partial charge on any atom is 0.573 e. The van der Waals surface area contributed by atoms with Crippen LogP contribution < -0.4 is 26.0 Å². The molecule has 1 amide bonds. The van der Waals surface area contributed by atoms with Crippen molar-refractivity contribution in [3.05, 3.63) is 47.5 Å². The quantitative estimate of drug-likeness (QED) is 0.351. The van der Waals surface area contributed by atoms with Crippen LogP contribution in [-0.4, -0.2) is 53.7 Å². The Morgan fingerprint density at radius 2 is 1.81 bits per heavy atom. The number of hydrogen-bond donors (Lipinski definition) is 5. The first-order valence-electron chi connectivity index (χ1n) is 8.63. The van der Waals surface area contributed by atoms with Crippen LogP contribution in [0.15, 0.2) is 36.4 Å². The summed E-state index contributed by atoms with van der Waals surface area (Å²) in [6.07, 6.45) is -5.14. The topological polar surface area (TPSA) is 151 Å². The van der Waals surface area contributed by atoms with Crippen LogP contribution in [0.4, 0.5) is 18.9 Å². The molecule has 2 rings (SSSR count). The number of halogens is 4. The molecule has 0 saturated carbocycles. The van der Waals surface area contributed by atoms with Gasteiger partial charge in [-0.05, 0) is 29.2 Å². The van der Waals surface area contributed by atoms with Crippen LogP contribution >= 0.6 is 12.4 Å². The first-order chi connectivity index (χ1) is 14.4. The number of nitrogens with two attached hydrogens (primary N) is 1. The van der Waals surface area contributed by atoms with Gasteiger partial charge in [-0.2, -0.15) is 0 Å². The third kappa shape index (κ3) is 7.30. The number of rotatable bonds is 8. The fraction of sp³-hybridized carbons (Fsp3) is 0.222. The number of amides is 1. The van der Waals surface area contributed by atoms with E-state index < -0.39 is 42.7 Å². The number of anilines is 1. The van der Waals surface area contributed by atoms with E-state index >= 15 is 0 Å². The molecule has 2 aromatic rings. The summed E-state index contributed by atoms with van der Waals surface area (Å²) >= 11 is 0. The van der Waals surface area contributed by atoms with Crippen molar-refractivity contribution in [3.63, 3.8) is 0 Å². The molecule has 0 saturated heterocycles. The Morgan fingerprint density at radius 3 is 2.34 bits per heavy atom. The molecule has 2 aromatic carbocycles. The second-order valence-corrected chi connectivity index (χ2v) is 6.31. The summed E-state index contributed by atoms with van der Waals surface area (Å²) in [7, 11) is -0.720. The molecular formula is C18H19BClF3N2O7. The molecule has 0 aromatic heterocycles. The minimum atomic E-state index is -5.08. The molecule has 0 aliphatic carbocycles. The summed E-state index contributed by atoms with van der Waals surface area (Å²) in [5.74, 6) is -2.90. The number of aliphatic carboxylic acids is 1. The standard InChI is InChI=1S/C18H18BF3N2O7.ClH/c1-30-15-8-11(4-2-9(15)6-13(23)17(26)27)24-16(25)12-7-10(19(28)29)3-5-14(12)31-18(20,21)22;/h2-5,7-8,13,28-29H,6,23H2,1H3,(H,24,25)(H,26,27);1H/t13-;/m0./s1. The molecule has 174 valence electrons. The number of carboxylic acids is 1. The van der Waals surface area contributed by atoms with Crippen molar-refractivity contribution in [2.24, 2.45) is 5.73 Å². The lowest BCUT2D eigenvalue weighted by molar-refractivity contribution is -0.274. The summed E-state index contributed by atoms with van der Waals surface area (Å²) in [5.41, 5.74) is 5.22. The van der Waals surface area contributed by atoms with Crippen LogP contribution in [0.25, 0.3) is 0 Å². The van der Waals surface area contributed by atoms with E-state index in [0.29, 0.717) is 5.56 Å². The van der Waals surface area contributed by atoms with Crippen LogP contribution in [0.3, 0.4) is 0 Å². The van der Waals surface area contributed by atoms with Gasteiger partial charge < -0.3 is 35.7 Å². The van der Waals surface area contributed by atoms with Gasteiger partial charge in [0.05, 0.1) is 12.7 Å². The lowest BCUT2D eigenvalue weighted by Gasteiger charge is -2.16. The highest BCUT2D eigenvalue weighted by atomic mass is 35.5. The van der Waals surface area contributed by atoms with Crippen LogP contribution in [0.2, 0.25) is 0 Å². The van der Waals surface area contributed by atoms with Crippen molar-refractivity contribution in [2.45, 2.75) is 18.8 Å². The lowest BCUT2D eigenvalue weighted by atomic mass is 9.79. The maximum atomic E-state index is 12.7. The number of carboxylic acid groups (broad SMARTS) is 1. The molecule has 9 nitrogen and oxygen atoms in total. The number of carbonyl (C=O) groups is 2. The van der Waals surface area contributed by atoms with Gasteiger partial charge in [0, 0.05) is 18.2 Å². The summed E-state index contributed by atoms with van der Waals surface area (Å²) < 4.78 is 47.0. The SMILES string of the molecule is COc1cc(NC(=O)c2cc(B(O)O)ccc2OC(F)(F)F)ccc1C[C@H](N)C(=O)O.Cl. The Morgan fingerprint density at radius 1 is 1.16 bits per heavy atom. The van der Waals surface area contributed by atoms with E-state index in [9.17, 15) is 32.8 Å². The minimum Gasteiger partial charge on any atom is -0.496 e. The molecular weight excluding hydrogens is 459 g/mol. The van der Waals surface area contributed by atoms with Gasteiger partial charge in [0.15, 0.2) is 0 Å². The van der Waals surface area contributed by atoms with Crippen molar-refractivity contribution < 1.29 is 47.4 Å². The van der Waals surface area contributed by atoms with Crippen LogP contribution in [0.5, 0.6) is 11.5 Å². The average molecular weight is 479 g/mol. The number of methoxy groups -OCH3 is 1. The van der Waals surface area contributed by atoms with Gasteiger partial charge in [-0.25, -0.2) is 0 Å². The fourth-order valence-corrected chi connectivity index (χ4v) is 2.61. The second-order valence-electron chi connectivity index (χ2n) is 6.31. The predicted molar refractivity (Wildman–Crippen MR) is 110 cm³/mol. The Labute approximate surface area is 186 Å². The molecule has 0 aliphatic rings. The van der Waals surface area contributed by atoms with Crippen LogP contribution in [0, 0.1) is 0 Å². The van der Waals surface area contributed by atoms with Crippen molar-refractivity contribution in [2.75, 3.05) is 12.4 Å². The van der Waals surface area contributed by atoms with E-state index in [1.54, 1.807) is 0 Å². The predicted octanol–water partition coefficient (Wildman–Crippen LogP) is 0.902. The van der Waals surface area contributed by atoms with Gasteiger partial charge in [-0.15, -0.1) is 25.6 Å². The number of nitrogens with one attached hydrogen (secondary N) is 1. The molecule has 6 N–H and O–H groups in total. The highest BCUT2D eigenvalue weighted by molar-refractivity contribution is 6.58. The zero-order chi connectivity index (χ0) is 23.3. The van der Waals surface area contributed by atoms with E-state index in [-0.39, 0.29) is 35.7 Å². The summed E-state index contributed by atoms with van der Waals surface area (Å²) in [4.78, 5) is 23.5. The number of alkyl halides is 3. The average Bonchev–Trinajstić information content (AvgIpc) is 2.67. The van der Waals surface area contributed by atoms with E-state index in [0.717, 1.165) is 18.2 Å². The van der Waals surface area contributed by atoms with E-state index in [1.165, 1.54) is 25.3 Å². The van der Waals surface area contributed by atoms with E-state index in [4.69, 9.17) is 15.6 Å². The van der Waals surface area contributed by atoms with Gasteiger partial charge in [-0.3, -0.25) is 9.59 Å². The molecule has 1 atom stereocenters. The lowest BCUT2D eigenvalue weighted by Crippen LogP contribution is -2.32. The molecule has 0 unspecified atom stereocenters. The first kappa shape index (κ1) is 27.0. The zero-order valence-electron chi connectivity index (χ0n) is 16.4. The second kappa shape index (κ2) is 11.0. The van der Waals surface area contributed by atoms with Gasteiger partial charge >= 0.3 is 19.5 Å². The van der Waals surface area contributed by atoms with Crippen molar-refractivity contribution in [1.82, 2.24) is 0 Å². The number of carbonyl (C=O) groups excluding carboxylic acids is 1. The van der Waals surface area contributed by atoms with Crippen LogP contribution in [0.1, 0.15) is 15.9 Å². The summed E-state index contributed by atoms with van der Waals surface area (Å²) in [6, 6.07) is 5.55. The molecule has 0 radical (unpaired) electrons. The largest absolute Gasteiger partial charge is 0.573 e. The molecule has 0 heterocycles. The third-order valence-corrected chi connectivity index (χ3v) is 4.07. The number of hydrogen-bond acceptors (Lipinski definition) is 7. The fourth-order valence-electron chi connectivity index (χ4n) is 2.61. The van der Waals surface area contributed by atoms with Gasteiger partial charge in [0.25, 0.3) is 5.91 Å². The smallest absolute Gasteiger partial charge is 0.496 e. The number of benzene rings is 2. The van der Waals surface area contributed by atoms with Crippen LogP contribution in [-0.2, 0) is 11.2 Å². The summed E-state index contributed by atoms with van der Waals surface area (Å²) in [6.45, 7) is 0. The van der Waals surface area contributed by atoms with Crippen molar-refractivity contribution >= 4 is 42.6 Å². The summed E-state index contributed by atoms with van der Waals surface area (Å²) in [5, 5.41) is 29.8. The van der Waals surface area contributed by atoms with E-state index in [1.807, 2.05) is 0 Å². The number of ether oxygens (including phenoxy) is 2. The Bertz CT molecular complexity index is 976. The van der Waals surface area contributed by atoms with E-state index in [2.05, 4.69) is 10.1 Å². The monoisotopic (exact) mass is 478 g/mol. The van der Waals surface area contributed by atoms with Gasteiger partial charge in [0.1, 0.15) is 17.5 Å². The molecule has 0 spiro atoms. The maximum absolute atomic E-state index is 12.7. The Balaban J connectivity index is 0.00000512. The van der Waals surface area contributed by atoms with Crippen molar-refractivity contribution in [3.8, 4) is 11.5 Å².